The van der Waals surface area contributed by atoms with Gasteiger partial charge in [-0.2, -0.15) is 0 Å². The maximum absolute atomic E-state index is 12.8. The van der Waals surface area contributed by atoms with Crippen LogP contribution in [0, 0.1) is 6.92 Å². The molecule has 1 atom stereocenters. The van der Waals surface area contributed by atoms with E-state index in [4.69, 9.17) is 0 Å². The van der Waals surface area contributed by atoms with Crippen molar-refractivity contribution >= 4 is 27.3 Å². The first-order chi connectivity index (χ1) is 11.1. The standard InChI is InChI=1S/C18H19N3OS/c1-12-10-20(2)17(19-12)14-7-8-21(11-14)18(22)16-9-13-5-3-4-6-15(13)23-16/h3-6,9-10,14H,7-8,11H2,1-2H3/t14-/m1/s1. The number of rotatable bonds is 2. The highest BCUT2D eigenvalue weighted by atomic mass is 32.1. The van der Waals surface area contributed by atoms with Gasteiger partial charge in [-0.1, -0.05) is 18.2 Å². The number of carbonyl (C=O) groups excluding carboxylic acids is 1. The molecule has 23 heavy (non-hydrogen) atoms. The zero-order valence-electron chi connectivity index (χ0n) is 13.3. The third kappa shape index (κ3) is 2.55. The van der Waals surface area contributed by atoms with Crippen LogP contribution in [-0.4, -0.2) is 33.4 Å². The third-order valence-electron chi connectivity index (χ3n) is 4.51. The topological polar surface area (TPSA) is 38.1 Å². The lowest BCUT2D eigenvalue weighted by atomic mass is 10.1. The number of imidazole rings is 1. The van der Waals surface area contributed by atoms with Gasteiger partial charge in [-0.05, 0) is 30.9 Å². The minimum Gasteiger partial charge on any atom is -0.337 e. The Labute approximate surface area is 139 Å². The van der Waals surface area contributed by atoms with E-state index >= 15 is 0 Å². The number of fused-ring (bicyclic) bond motifs is 1. The van der Waals surface area contributed by atoms with Crippen molar-refractivity contribution in [2.24, 2.45) is 7.05 Å². The lowest BCUT2D eigenvalue weighted by Crippen LogP contribution is -2.28. The molecule has 5 heteroatoms. The molecule has 1 aliphatic heterocycles. The Morgan fingerprint density at radius 3 is 2.91 bits per heavy atom. The quantitative estimate of drug-likeness (QED) is 0.722. The number of thiophene rings is 1. The van der Waals surface area contributed by atoms with Crippen molar-refractivity contribution in [1.82, 2.24) is 14.5 Å². The first-order valence-electron chi connectivity index (χ1n) is 7.89. The van der Waals surface area contributed by atoms with Crippen molar-refractivity contribution in [1.29, 1.82) is 0 Å². The summed E-state index contributed by atoms with van der Waals surface area (Å²) in [5.74, 6) is 1.58. The third-order valence-corrected chi connectivity index (χ3v) is 5.61. The molecule has 1 fully saturated rings. The van der Waals surface area contributed by atoms with Gasteiger partial charge in [-0.25, -0.2) is 4.98 Å². The van der Waals surface area contributed by atoms with E-state index in [0.717, 1.165) is 41.3 Å². The number of aromatic nitrogens is 2. The minimum atomic E-state index is 0.152. The highest BCUT2D eigenvalue weighted by molar-refractivity contribution is 7.20. The molecule has 118 valence electrons. The second kappa shape index (κ2) is 5.49. The van der Waals surface area contributed by atoms with Gasteiger partial charge in [0.2, 0.25) is 0 Å². The van der Waals surface area contributed by atoms with Crippen molar-refractivity contribution in [2.45, 2.75) is 19.3 Å². The second-order valence-corrected chi connectivity index (χ2v) is 7.32. The van der Waals surface area contributed by atoms with Crippen molar-refractivity contribution in [3.63, 3.8) is 0 Å². The number of benzene rings is 1. The van der Waals surface area contributed by atoms with Crippen LogP contribution in [0.25, 0.3) is 10.1 Å². The summed E-state index contributed by atoms with van der Waals surface area (Å²) in [6, 6.07) is 10.2. The van der Waals surface area contributed by atoms with E-state index in [2.05, 4.69) is 21.7 Å². The van der Waals surface area contributed by atoms with E-state index in [1.165, 1.54) is 4.70 Å². The molecule has 0 radical (unpaired) electrons. The van der Waals surface area contributed by atoms with Gasteiger partial charge in [-0.15, -0.1) is 11.3 Å². The van der Waals surface area contributed by atoms with E-state index in [9.17, 15) is 4.79 Å². The number of hydrogen-bond acceptors (Lipinski definition) is 3. The van der Waals surface area contributed by atoms with Gasteiger partial charge >= 0.3 is 0 Å². The van der Waals surface area contributed by atoms with Gasteiger partial charge in [0.25, 0.3) is 5.91 Å². The molecule has 4 rings (SSSR count). The molecule has 1 saturated heterocycles. The molecular weight excluding hydrogens is 306 g/mol. The van der Waals surface area contributed by atoms with E-state index in [1.54, 1.807) is 11.3 Å². The zero-order chi connectivity index (χ0) is 16.0. The van der Waals surface area contributed by atoms with Crippen LogP contribution in [0.3, 0.4) is 0 Å². The van der Waals surface area contributed by atoms with Crippen LogP contribution in [0.5, 0.6) is 0 Å². The summed E-state index contributed by atoms with van der Waals surface area (Å²) < 4.78 is 3.26. The van der Waals surface area contributed by atoms with E-state index in [0.29, 0.717) is 5.92 Å². The van der Waals surface area contributed by atoms with Gasteiger partial charge in [0.1, 0.15) is 5.82 Å². The molecule has 3 aromatic rings. The zero-order valence-corrected chi connectivity index (χ0v) is 14.1. The Morgan fingerprint density at radius 2 is 2.17 bits per heavy atom. The van der Waals surface area contributed by atoms with Crippen molar-refractivity contribution in [2.75, 3.05) is 13.1 Å². The summed E-state index contributed by atoms with van der Waals surface area (Å²) >= 11 is 1.58. The number of nitrogens with zero attached hydrogens (tertiary/aromatic N) is 3. The summed E-state index contributed by atoms with van der Waals surface area (Å²) in [5.41, 5.74) is 1.04. The van der Waals surface area contributed by atoms with Gasteiger partial charge in [-0.3, -0.25) is 4.79 Å². The molecule has 1 aromatic carbocycles. The normalized spacial score (nSPS) is 18.0. The molecule has 0 spiro atoms. The largest absolute Gasteiger partial charge is 0.337 e. The van der Waals surface area contributed by atoms with Gasteiger partial charge in [0.15, 0.2) is 0 Å². The predicted molar refractivity (Wildman–Crippen MR) is 93.0 cm³/mol. The minimum absolute atomic E-state index is 0.152. The van der Waals surface area contributed by atoms with Gasteiger partial charge in [0, 0.05) is 37.0 Å². The smallest absolute Gasteiger partial charge is 0.263 e. The van der Waals surface area contributed by atoms with Crippen LogP contribution in [0.15, 0.2) is 36.5 Å². The molecule has 4 nitrogen and oxygen atoms in total. The van der Waals surface area contributed by atoms with Crippen LogP contribution in [0.4, 0.5) is 0 Å². The van der Waals surface area contributed by atoms with E-state index in [-0.39, 0.29) is 5.91 Å². The first kappa shape index (κ1) is 14.5. The van der Waals surface area contributed by atoms with Gasteiger partial charge < -0.3 is 9.47 Å². The molecule has 1 amide bonds. The number of likely N-dealkylation sites (tertiary alicyclic amines) is 1. The monoisotopic (exact) mass is 325 g/mol. The average molecular weight is 325 g/mol. The number of aryl methyl sites for hydroxylation is 2. The Hall–Kier alpha value is -2.14. The Kier molecular flexibility index (Phi) is 3.45. The van der Waals surface area contributed by atoms with Crippen LogP contribution >= 0.6 is 11.3 Å². The van der Waals surface area contributed by atoms with Crippen molar-refractivity contribution < 1.29 is 4.79 Å². The fourth-order valence-corrected chi connectivity index (χ4v) is 4.44. The highest BCUT2D eigenvalue weighted by Gasteiger charge is 2.31. The van der Waals surface area contributed by atoms with Crippen molar-refractivity contribution in [3.05, 3.63) is 52.9 Å². The molecule has 1 aliphatic rings. The summed E-state index contributed by atoms with van der Waals surface area (Å²) in [5, 5.41) is 1.15. The highest BCUT2D eigenvalue weighted by Crippen LogP contribution is 2.31. The van der Waals surface area contributed by atoms with Crippen LogP contribution in [-0.2, 0) is 7.05 Å². The maximum atomic E-state index is 12.8. The number of amides is 1. The Morgan fingerprint density at radius 1 is 1.35 bits per heavy atom. The lowest BCUT2D eigenvalue weighted by Gasteiger charge is -2.15. The second-order valence-electron chi connectivity index (χ2n) is 6.24. The fourth-order valence-electron chi connectivity index (χ4n) is 3.41. The van der Waals surface area contributed by atoms with Crippen LogP contribution in [0.2, 0.25) is 0 Å². The summed E-state index contributed by atoms with van der Waals surface area (Å²) in [7, 11) is 2.03. The molecule has 0 aliphatic carbocycles. The first-order valence-corrected chi connectivity index (χ1v) is 8.71. The van der Waals surface area contributed by atoms with Gasteiger partial charge in [0.05, 0.1) is 10.6 Å². The summed E-state index contributed by atoms with van der Waals surface area (Å²) in [6.07, 6.45) is 3.03. The van der Waals surface area contributed by atoms with Crippen LogP contribution < -0.4 is 0 Å². The Bertz CT molecular complexity index is 846. The molecule has 3 heterocycles. The average Bonchev–Trinajstić information content (AvgIpc) is 3.24. The lowest BCUT2D eigenvalue weighted by molar-refractivity contribution is 0.0795. The van der Waals surface area contributed by atoms with Crippen molar-refractivity contribution in [3.8, 4) is 0 Å². The molecule has 2 aromatic heterocycles. The van der Waals surface area contributed by atoms with Crippen LogP contribution in [0.1, 0.15) is 33.5 Å². The number of carbonyl (C=O) groups is 1. The predicted octanol–water partition coefficient (Wildman–Crippen LogP) is 3.57. The molecular formula is C18H19N3OS. The maximum Gasteiger partial charge on any atom is 0.263 e. The molecule has 0 unspecified atom stereocenters. The number of hydrogen-bond donors (Lipinski definition) is 0. The van der Waals surface area contributed by atoms with E-state index < -0.39 is 0 Å². The molecule has 0 bridgehead atoms. The summed E-state index contributed by atoms with van der Waals surface area (Å²) in [6.45, 7) is 3.58. The fraction of sp³-hybridized carbons (Fsp3) is 0.333. The molecule has 0 N–H and O–H groups in total. The SMILES string of the molecule is Cc1cn(C)c([C@@H]2CCN(C(=O)c3cc4ccccc4s3)C2)n1. The van der Waals surface area contributed by atoms with E-state index in [1.807, 2.05) is 43.3 Å². The summed E-state index contributed by atoms with van der Waals surface area (Å²) in [4.78, 5) is 20.2. The molecule has 0 saturated carbocycles. The Balaban J connectivity index is 1.55.